The zero-order valence-corrected chi connectivity index (χ0v) is 16.3. The Morgan fingerprint density at radius 1 is 1.27 bits per heavy atom. The molecule has 1 fully saturated rings. The maximum Gasteiger partial charge on any atom is 0.321 e. The zero-order chi connectivity index (χ0) is 19.1. The van der Waals surface area contributed by atoms with Crippen LogP contribution in [-0.2, 0) is 22.7 Å². The fourth-order valence-corrected chi connectivity index (χ4v) is 3.64. The van der Waals surface area contributed by atoms with E-state index in [-0.39, 0.29) is 5.91 Å². The molecule has 1 atom stereocenters. The van der Waals surface area contributed by atoms with Crippen LogP contribution < -0.4 is 10.6 Å². The van der Waals surface area contributed by atoms with Crippen molar-refractivity contribution in [3.05, 3.63) is 5.82 Å². The van der Waals surface area contributed by atoms with Crippen molar-refractivity contribution in [2.24, 2.45) is 0 Å². The fourth-order valence-electron chi connectivity index (χ4n) is 2.70. The molecule has 0 saturated carbocycles. The largest absolute Gasteiger partial charge is 0.341 e. The summed E-state index contributed by atoms with van der Waals surface area (Å²) in [6.07, 6.45) is 3.60. The van der Waals surface area contributed by atoms with Crippen molar-refractivity contribution in [2.45, 2.75) is 63.0 Å². The summed E-state index contributed by atoms with van der Waals surface area (Å²) < 4.78 is 1.91. The highest BCUT2D eigenvalue weighted by atomic mass is 32.2. The monoisotopic (exact) mass is 382 g/mol. The number of amides is 4. The number of aromatic nitrogens is 3. The molecule has 1 aliphatic rings. The van der Waals surface area contributed by atoms with Crippen molar-refractivity contribution < 1.29 is 14.4 Å². The number of hydrogen-bond donors (Lipinski definition) is 2. The topological polar surface area (TPSA) is 109 Å². The van der Waals surface area contributed by atoms with Crippen LogP contribution in [0.5, 0.6) is 0 Å². The number of likely N-dealkylation sites (tertiary alicyclic amines) is 1. The number of carbonyl (C=O) groups excluding carboxylic acids is 3. The molecule has 10 heteroatoms. The first-order valence-corrected chi connectivity index (χ1v) is 9.73. The maximum absolute atomic E-state index is 12.2. The Hall–Kier alpha value is -2.10. The number of urea groups is 1. The molecule has 1 saturated heterocycles. The molecule has 1 aromatic rings. The van der Waals surface area contributed by atoms with Gasteiger partial charge in [0.2, 0.25) is 11.8 Å². The highest BCUT2D eigenvalue weighted by Gasteiger charge is 2.23. The number of nitrogens with one attached hydrogen (secondary N) is 2. The van der Waals surface area contributed by atoms with Crippen molar-refractivity contribution in [1.29, 1.82) is 0 Å². The molecule has 1 unspecified atom stereocenters. The summed E-state index contributed by atoms with van der Waals surface area (Å²) in [5.74, 6) is 0.467. The molecule has 0 radical (unpaired) electrons. The lowest BCUT2D eigenvalue weighted by Crippen LogP contribution is -2.41. The summed E-state index contributed by atoms with van der Waals surface area (Å²) in [4.78, 5) is 37.3. The second kappa shape index (κ2) is 9.56. The minimum atomic E-state index is -0.542. The lowest BCUT2D eigenvalue weighted by atomic mass is 10.2. The number of nitrogens with zero attached hydrogens (tertiary/aromatic N) is 4. The molecule has 0 aliphatic carbocycles. The van der Waals surface area contributed by atoms with Crippen LogP contribution >= 0.6 is 11.8 Å². The van der Waals surface area contributed by atoms with E-state index in [0.717, 1.165) is 25.8 Å². The number of thioether (sulfide) groups is 1. The van der Waals surface area contributed by atoms with Gasteiger partial charge in [-0.3, -0.25) is 14.9 Å². The van der Waals surface area contributed by atoms with E-state index in [1.165, 1.54) is 18.8 Å². The maximum atomic E-state index is 12.2. The summed E-state index contributed by atoms with van der Waals surface area (Å²) in [6.45, 7) is 5.48. The Balaban J connectivity index is 2.05. The first kappa shape index (κ1) is 20.2. The Morgan fingerprint density at radius 2 is 2.04 bits per heavy atom. The molecule has 0 spiro atoms. The van der Waals surface area contributed by atoms with Gasteiger partial charge >= 0.3 is 6.03 Å². The van der Waals surface area contributed by atoms with Crippen LogP contribution in [0.1, 0.15) is 45.4 Å². The number of carbonyl (C=O) groups is 3. The zero-order valence-electron chi connectivity index (χ0n) is 15.4. The summed E-state index contributed by atoms with van der Waals surface area (Å²) in [6, 6.07) is -0.542. The van der Waals surface area contributed by atoms with Gasteiger partial charge in [0, 0.05) is 26.6 Å². The molecular weight excluding hydrogens is 356 g/mol. The molecule has 9 nitrogen and oxygen atoms in total. The molecule has 4 amide bonds. The minimum absolute atomic E-state index is 0.153. The lowest BCUT2D eigenvalue weighted by Gasteiger charge is -2.20. The van der Waals surface area contributed by atoms with E-state index in [0.29, 0.717) is 30.5 Å². The van der Waals surface area contributed by atoms with Crippen LogP contribution in [0.25, 0.3) is 0 Å². The van der Waals surface area contributed by atoms with Gasteiger partial charge in [-0.25, -0.2) is 4.79 Å². The third-order valence-corrected chi connectivity index (χ3v) is 5.31. The standard InChI is InChI=1S/C16H26N6O3S/c1-4-22-12(10-21-9-7-5-6-8-13(21)23)19-20-16(22)26-11(2)14(24)18-15(25)17-3/h11H,4-10H2,1-3H3,(H2,17,18,24,25). The summed E-state index contributed by atoms with van der Waals surface area (Å²) in [5.41, 5.74) is 0. The number of imide groups is 1. The van der Waals surface area contributed by atoms with E-state index in [1.54, 1.807) is 6.92 Å². The van der Waals surface area contributed by atoms with Crippen LogP contribution in [0.15, 0.2) is 5.16 Å². The second-order valence-corrected chi connectivity index (χ2v) is 7.41. The first-order valence-electron chi connectivity index (χ1n) is 8.85. The van der Waals surface area contributed by atoms with Crippen molar-refractivity contribution in [1.82, 2.24) is 30.3 Å². The van der Waals surface area contributed by atoms with Crippen molar-refractivity contribution in [3.63, 3.8) is 0 Å². The van der Waals surface area contributed by atoms with Crippen molar-refractivity contribution in [2.75, 3.05) is 13.6 Å². The van der Waals surface area contributed by atoms with Gasteiger partial charge in [-0.1, -0.05) is 18.2 Å². The molecule has 0 aromatic carbocycles. The van der Waals surface area contributed by atoms with E-state index in [4.69, 9.17) is 0 Å². The van der Waals surface area contributed by atoms with E-state index in [9.17, 15) is 14.4 Å². The Morgan fingerprint density at radius 3 is 2.73 bits per heavy atom. The molecule has 2 N–H and O–H groups in total. The minimum Gasteiger partial charge on any atom is -0.341 e. The van der Waals surface area contributed by atoms with Gasteiger partial charge in [-0.05, 0) is 26.7 Å². The molecule has 2 heterocycles. The summed E-state index contributed by atoms with van der Waals surface area (Å²) in [7, 11) is 1.45. The predicted octanol–water partition coefficient (Wildman–Crippen LogP) is 1.14. The summed E-state index contributed by atoms with van der Waals surface area (Å²) in [5, 5.41) is 13.1. The molecule has 0 bridgehead atoms. The van der Waals surface area contributed by atoms with Crippen LogP contribution in [0.3, 0.4) is 0 Å². The Bertz CT molecular complexity index is 662. The van der Waals surface area contributed by atoms with E-state index >= 15 is 0 Å². The van der Waals surface area contributed by atoms with Crippen LogP contribution in [-0.4, -0.2) is 56.4 Å². The van der Waals surface area contributed by atoms with Gasteiger partial charge in [0.05, 0.1) is 11.8 Å². The molecule has 2 rings (SSSR count). The van der Waals surface area contributed by atoms with Gasteiger partial charge in [0.1, 0.15) is 0 Å². The van der Waals surface area contributed by atoms with Gasteiger partial charge < -0.3 is 14.8 Å². The van der Waals surface area contributed by atoms with Crippen LogP contribution in [0.2, 0.25) is 0 Å². The van der Waals surface area contributed by atoms with E-state index < -0.39 is 17.2 Å². The van der Waals surface area contributed by atoms with Gasteiger partial charge in [-0.15, -0.1) is 10.2 Å². The highest BCUT2D eigenvalue weighted by Crippen LogP contribution is 2.23. The lowest BCUT2D eigenvalue weighted by molar-refractivity contribution is -0.131. The second-order valence-electron chi connectivity index (χ2n) is 6.10. The Kier molecular flexibility index (Phi) is 7.43. The molecular formula is C16H26N6O3S. The average molecular weight is 382 g/mol. The van der Waals surface area contributed by atoms with E-state index in [1.807, 2.05) is 16.4 Å². The fraction of sp³-hybridized carbons (Fsp3) is 0.688. The molecule has 144 valence electrons. The first-order chi connectivity index (χ1) is 12.5. The molecule has 1 aliphatic heterocycles. The van der Waals surface area contributed by atoms with Crippen LogP contribution in [0.4, 0.5) is 4.79 Å². The quantitative estimate of drug-likeness (QED) is 0.714. The summed E-state index contributed by atoms with van der Waals surface area (Å²) >= 11 is 1.24. The SMILES string of the molecule is CCn1c(CN2CCCCCC2=O)nnc1SC(C)C(=O)NC(=O)NC. The third-order valence-electron chi connectivity index (χ3n) is 4.23. The van der Waals surface area contributed by atoms with Crippen molar-refractivity contribution >= 4 is 29.6 Å². The number of rotatable bonds is 6. The van der Waals surface area contributed by atoms with Gasteiger partial charge in [0.25, 0.3) is 0 Å². The van der Waals surface area contributed by atoms with Gasteiger partial charge in [0.15, 0.2) is 11.0 Å². The Labute approximate surface area is 157 Å². The molecule has 26 heavy (non-hydrogen) atoms. The van der Waals surface area contributed by atoms with E-state index in [2.05, 4.69) is 20.8 Å². The normalized spacial score (nSPS) is 16.1. The average Bonchev–Trinajstić information content (AvgIpc) is 2.88. The highest BCUT2D eigenvalue weighted by molar-refractivity contribution is 8.00. The number of hydrogen-bond acceptors (Lipinski definition) is 6. The van der Waals surface area contributed by atoms with Gasteiger partial charge in [-0.2, -0.15) is 0 Å². The predicted molar refractivity (Wildman–Crippen MR) is 97.5 cm³/mol. The van der Waals surface area contributed by atoms with Crippen LogP contribution in [0, 0.1) is 0 Å². The van der Waals surface area contributed by atoms with Crippen molar-refractivity contribution in [3.8, 4) is 0 Å². The third kappa shape index (κ3) is 5.20. The smallest absolute Gasteiger partial charge is 0.321 e. The molecule has 1 aromatic heterocycles.